The summed E-state index contributed by atoms with van der Waals surface area (Å²) < 4.78 is 28.6. The van der Waals surface area contributed by atoms with Crippen molar-refractivity contribution in [3.8, 4) is 0 Å². The van der Waals surface area contributed by atoms with Crippen molar-refractivity contribution in [2.45, 2.75) is 43.2 Å². The predicted molar refractivity (Wildman–Crippen MR) is 72.5 cm³/mol. The molecule has 2 atom stereocenters. The molecule has 0 spiro atoms. The number of nitrogens with zero attached hydrogens (tertiary/aromatic N) is 3. The molecule has 2 heterocycles. The summed E-state index contributed by atoms with van der Waals surface area (Å²) in [5, 5.41) is 0.198. The van der Waals surface area contributed by atoms with Gasteiger partial charge in [-0.15, -0.1) is 0 Å². The van der Waals surface area contributed by atoms with Gasteiger partial charge in [-0.2, -0.15) is 4.31 Å². The van der Waals surface area contributed by atoms with Crippen molar-refractivity contribution in [3.05, 3.63) is 11.5 Å². The zero-order valence-corrected chi connectivity index (χ0v) is 12.5. The van der Waals surface area contributed by atoms with Gasteiger partial charge in [-0.3, -0.25) is 0 Å². The van der Waals surface area contributed by atoms with Gasteiger partial charge in [0, 0.05) is 19.6 Å². The summed E-state index contributed by atoms with van der Waals surface area (Å²) >= 11 is 6.05. The fraction of sp³-hybridized carbons (Fsp3) is 0.750. The first-order valence-electron chi connectivity index (χ1n) is 6.70. The molecule has 0 amide bonds. The van der Waals surface area contributed by atoms with E-state index in [1.807, 2.05) is 0 Å². The first-order chi connectivity index (χ1) is 9.01. The van der Waals surface area contributed by atoms with Crippen LogP contribution in [0.4, 0.5) is 0 Å². The molecule has 1 aliphatic heterocycles. The van der Waals surface area contributed by atoms with Crippen molar-refractivity contribution in [1.29, 1.82) is 0 Å². The number of aromatic nitrogens is 2. The van der Waals surface area contributed by atoms with Crippen molar-refractivity contribution in [1.82, 2.24) is 13.9 Å². The van der Waals surface area contributed by atoms with Gasteiger partial charge in [-0.1, -0.05) is 18.0 Å². The fourth-order valence-corrected chi connectivity index (χ4v) is 5.53. The summed E-state index contributed by atoms with van der Waals surface area (Å²) in [6.45, 7) is 0.594. The maximum atomic E-state index is 12.7. The van der Waals surface area contributed by atoms with Crippen LogP contribution in [0, 0.1) is 5.92 Å². The maximum Gasteiger partial charge on any atom is 0.263 e. The van der Waals surface area contributed by atoms with Gasteiger partial charge in [-0.05, 0) is 31.6 Å². The van der Waals surface area contributed by atoms with Crippen LogP contribution >= 0.6 is 11.6 Å². The smallest absolute Gasteiger partial charge is 0.263 e. The van der Waals surface area contributed by atoms with E-state index >= 15 is 0 Å². The number of fused-ring (bicyclic) bond motifs is 1. The van der Waals surface area contributed by atoms with E-state index in [1.54, 1.807) is 11.4 Å². The van der Waals surface area contributed by atoms with Crippen LogP contribution in [0.25, 0.3) is 0 Å². The lowest BCUT2D eigenvalue weighted by Gasteiger charge is -2.36. The van der Waals surface area contributed by atoms with Crippen LogP contribution in [0.15, 0.2) is 11.4 Å². The third kappa shape index (κ3) is 2.10. The lowest BCUT2D eigenvalue weighted by molar-refractivity contribution is 0.201. The molecule has 0 bridgehead atoms. The molecule has 0 aromatic carbocycles. The summed E-state index contributed by atoms with van der Waals surface area (Å²) in [5.41, 5.74) is 0. The quantitative estimate of drug-likeness (QED) is 0.840. The summed E-state index contributed by atoms with van der Waals surface area (Å²) in [6.07, 6.45) is 6.76. The molecule has 1 aromatic rings. The van der Waals surface area contributed by atoms with Gasteiger partial charge >= 0.3 is 0 Å². The number of hydrogen-bond acceptors (Lipinski definition) is 3. The summed E-state index contributed by atoms with van der Waals surface area (Å²) in [6, 6.07) is 0.150. The van der Waals surface area contributed by atoms with Gasteiger partial charge < -0.3 is 4.57 Å². The summed E-state index contributed by atoms with van der Waals surface area (Å²) in [5.74, 6) is 0.519. The molecule has 1 aliphatic carbocycles. The molecule has 0 N–H and O–H groups in total. The van der Waals surface area contributed by atoms with Gasteiger partial charge in [0.15, 0.2) is 0 Å². The van der Waals surface area contributed by atoms with E-state index in [1.165, 1.54) is 10.9 Å². The minimum Gasteiger partial charge on any atom is -0.324 e. The normalized spacial score (nSPS) is 28.5. The number of halogens is 1. The monoisotopic (exact) mass is 303 g/mol. The minimum atomic E-state index is -3.56. The molecule has 2 aliphatic rings. The molecule has 3 rings (SSSR count). The largest absolute Gasteiger partial charge is 0.324 e. The standard InChI is InChI=1S/C12H18ClN3O2S/c1-15-8-14-12(11(15)13)19(17,18)16-7-3-5-9-4-2-6-10(9)16/h8-10H,2-7H2,1H3. The Hall–Kier alpha value is -0.590. The van der Waals surface area contributed by atoms with E-state index < -0.39 is 10.0 Å². The van der Waals surface area contributed by atoms with Gasteiger partial charge in [0.05, 0.1) is 6.33 Å². The highest BCUT2D eigenvalue weighted by Gasteiger charge is 2.42. The lowest BCUT2D eigenvalue weighted by Crippen LogP contribution is -2.46. The first-order valence-corrected chi connectivity index (χ1v) is 8.52. The molecule has 0 radical (unpaired) electrons. The average Bonchev–Trinajstić information content (AvgIpc) is 2.97. The van der Waals surface area contributed by atoms with Gasteiger partial charge in [0.2, 0.25) is 5.03 Å². The molecule has 2 fully saturated rings. The first kappa shape index (κ1) is 13.4. The van der Waals surface area contributed by atoms with Gasteiger partial charge in [-0.25, -0.2) is 13.4 Å². The Labute approximate surface area is 118 Å². The van der Waals surface area contributed by atoms with Crippen LogP contribution in [-0.2, 0) is 17.1 Å². The minimum absolute atomic E-state index is 0.00390. The van der Waals surface area contributed by atoms with E-state index in [2.05, 4.69) is 4.98 Å². The second-order valence-corrected chi connectivity index (χ2v) is 7.63. The predicted octanol–water partition coefficient (Wildman–Crippen LogP) is 2.03. The zero-order valence-electron chi connectivity index (χ0n) is 10.9. The number of rotatable bonds is 2. The molecular weight excluding hydrogens is 286 g/mol. The molecule has 19 heavy (non-hydrogen) atoms. The van der Waals surface area contributed by atoms with Gasteiger partial charge in [0.1, 0.15) is 5.15 Å². The lowest BCUT2D eigenvalue weighted by atomic mass is 9.94. The highest BCUT2D eigenvalue weighted by Crippen LogP contribution is 2.39. The van der Waals surface area contributed by atoms with E-state index in [9.17, 15) is 8.42 Å². The number of sulfonamides is 1. The van der Waals surface area contributed by atoms with E-state index in [0.29, 0.717) is 12.5 Å². The van der Waals surface area contributed by atoms with Crippen LogP contribution in [0.1, 0.15) is 32.1 Å². The second kappa shape index (κ2) is 4.75. The Morgan fingerprint density at radius 1 is 1.32 bits per heavy atom. The van der Waals surface area contributed by atoms with Gasteiger partial charge in [0.25, 0.3) is 10.0 Å². The highest BCUT2D eigenvalue weighted by atomic mass is 35.5. The highest BCUT2D eigenvalue weighted by molar-refractivity contribution is 7.89. The molecule has 106 valence electrons. The Morgan fingerprint density at radius 3 is 2.74 bits per heavy atom. The number of imidazole rings is 1. The molecular formula is C12H18ClN3O2S. The molecule has 1 saturated carbocycles. The second-order valence-electron chi connectivity index (χ2n) is 5.47. The number of aryl methyl sites for hydroxylation is 1. The molecule has 1 aromatic heterocycles. The number of hydrogen-bond donors (Lipinski definition) is 0. The molecule has 7 heteroatoms. The third-order valence-corrected chi connectivity index (χ3v) is 6.75. The van der Waals surface area contributed by atoms with Crippen LogP contribution in [-0.4, -0.2) is 34.9 Å². The Balaban J connectivity index is 1.98. The topological polar surface area (TPSA) is 55.2 Å². The van der Waals surface area contributed by atoms with Crippen LogP contribution in [0.5, 0.6) is 0 Å². The van der Waals surface area contributed by atoms with Crippen LogP contribution in [0.2, 0.25) is 5.15 Å². The average molecular weight is 304 g/mol. The molecule has 5 nitrogen and oxygen atoms in total. The van der Waals surface area contributed by atoms with Crippen molar-refractivity contribution in [2.75, 3.05) is 6.54 Å². The van der Waals surface area contributed by atoms with Crippen molar-refractivity contribution in [2.24, 2.45) is 13.0 Å². The van der Waals surface area contributed by atoms with Crippen LogP contribution in [0.3, 0.4) is 0 Å². The van der Waals surface area contributed by atoms with E-state index in [0.717, 1.165) is 32.1 Å². The Bertz CT molecular complexity index is 584. The summed E-state index contributed by atoms with van der Waals surface area (Å²) in [7, 11) is -1.86. The number of piperidine rings is 1. The SMILES string of the molecule is Cn1cnc(S(=O)(=O)N2CCCC3CCCC32)c1Cl. The molecule has 1 saturated heterocycles. The van der Waals surface area contributed by atoms with Crippen molar-refractivity contribution >= 4 is 21.6 Å². The zero-order chi connectivity index (χ0) is 13.6. The Kier molecular flexibility index (Phi) is 3.35. The van der Waals surface area contributed by atoms with E-state index in [4.69, 9.17) is 11.6 Å². The van der Waals surface area contributed by atoms with Crippen LogP contribution < -0.4 is 0 Å². The fourth-order valence-electron chi connectivity index (χ4n) is 3.38. The van der Waals surface area contributed by atoms with Crippen molar-refractivity contribution < 1.29 is 8.42 Å². The van der Waals surface area contributed by atoms with E-state index in [-0.39, 0.29) is 16.2 Å². The maximum absolute atomic E-state index is 12.7. The summed E-state index contributed by atoms with van der Waals surface area (Å²) in [4.78, 5) is 3.98. The Morgan fingerprint density at radius 2 is 2.05 bits per heavy atom. The van der Waals surface area contributed by atoms with Crippen molar-refractivity contribution in [3.63, 3.8) is 0 Å². The molecule has 2 unspecified atom stereocenters. The third-order valence-electron chi connectivity index (χ3n) is 4.33.